The van der Waals surface area contributed by atoms with Gasteiger partial charge in [0.2, 0.25) is 5.91 Å². The largest absolute Gasteiger partial charge is 0.328 e. The quantitative estimate of drug-likeness (QED) is 0.818. The summed E-state index contributed by atoms with van der Waals surface area (Å²) in [6.45, 7) is 0. The summed E-state index contributed by atoms with van der Waals surface area (Å²) in [5.41, 5.74) is 5.61. The van der Waals surface area contributed by atoms with Crippen molar-refractivity contribution in [2.45, 2.75) is 18.9 Å². The Morgan fingerprint density at radius 2 is 2.29 bits per heavy atom. The van der Waals surface area contributed by atoms with Crippen LogP contribution < -0.4 is 11.1 Å². The van der Waals surface area contributed by atoms with Crippen LogP contribution in [0.2, 0.25) is 4.34 Å². The third kappa shape index (κ3) is 2.08. The highest BCUT2D eigenvalue weighted by molar-refractivity contribution is 7.20. The standard InChI is InChI=1S/C9H11ClN2OS/c10-7-1-2-8(14-7)12-9(13)5-3-6(11)4-5/h1-2,5-6H,3-4,11H2,(H,12,13). The summed E-state index contributed by atoms with van der Waals surface area (Å²) < 4.78 is 0.686. The fourth-order valence-corrected chi connectivity index (χ4v) is 2.43. The van der Waals surface area contributed by atoms with E-state index in [9.17, 15) is 4.79 Å². The van der Waals surface area contributed by atoms with Gasteiger partial charge in [-0.1, -0.05) is 11.6 Å². The van der Waals surface area contributed by atoms with Gasteiger partial charge in [0.05, 0.1) is 9.34 Å². The first-order chi connectivity index (χ1) is 6.65. The Kier molecular flexibility index (Phi) is 2.76. The normalized spacial score (nSPS) is 25.6. The van der Waals surface area contributed by atoms with Crippen LogP contribution >= 0.6 is 22.9 Å². The average molecular weight is 231 g/mol. The van der Waals surface area contributed by atoms with Gasteiger partial charge < -0.3 is 11.1 Å². The first-order valence-electron chi connectivity index (χ1n) is 4.47. The minimum Gasteiger partial charge on any atom is -0.328 e. The summed E-state index contributed by atoms with van der Waals surface area (Å²) in [6, 6.07) is 3.79. The third-order valence-corrected chi connectivity index (χ3v) is 3.51. The number of hydrogen-bond acceptors (Lipinski definition) is 3. The van der Waals surface area contributed by atoms with E-state index in [1.54, 1.807) is 6.07 Å². The fourth-order valence-electron chi connectivity index (χ4n) is 1.48. The molecule has 0 spiro atoms. The number of hydrogen-bond donors (Lipinski definition) is 2. The molecule has 3 nitrogen and oxygen atoms in total. The second-order valence-electron chi connectivity index (χ2n) is 3.52. The van der Waals surface area contributed by atoms with Crippen molar-refractivity contribution >= 4 is 33.8 Å². The van der Waals surface area contributed by atoms with Crippen molar-refractivity contribution in [3.8, 4) is 0 Å². The highest BCUT2D eigenvalue weighted by Gasteiger charge is 2.31. The van der Waals surface area contributed by atoms with Crippen molar-refractivity contribution in [1.82, 2.24) is 0 Å². The van der Waals surface area contributed by atoms with Gasteiger partial charge in [-0.15, -0.1) is 11.3 Å². The number of nitrogens with one attached hydrogen (secondary N) is 1. The van der Waals surface area contributed by atoms with Crippen molar-refractivity contribution in [2.24, 2.45) is 11.7 Å². The molecule has 76 valence electrons. The first kappa shape index (κ1) is 9.96. The van der Waals surface area contributed by atoms with Crippen molar-refractivity contribution in [3.63, 3.8) is 0 Å². The molecule has 2 rings (SSSR count). The predicted molar refractivity (Wildman–Crippen MR) is 58.7 cm³/mol. The molecule has 1 saturated carbocycles. The molecule has 5 heteroatoms. The van der Waals surface area contributed by atoms with Crippen LogP contribution in [-0.2, 0) is 4.79 Å². The SMILES string of the molecule is NC1CC(C(=O)Nc2ccc(Cl)s2)C1. The number of thiophene rings is 1. The van der Waals surface area contributed by atoms with Gasteiger partial charge in [0, 0.05) is 12.0 Å². The van der Waals surface area contributed by atoms with E-state index in [-0.39, 0.29) is 17.9 Å². The molecular weight excluding hydrogens is 220 g/mol. The van der Waals surface area contributed by atoms with Crippen LogP contribution in [0.4, 0.5) is 5.00 Å². The lowest BCUT2D eigenvalue weighted by Crippen LogP contribution is -2.42. The van der Waals surface area contributed by atoms with Crippen molar-refractivity contribution < 1.29 is 4.79 Å². The zero-order valence-electron chi connectivity index (χ0n) is 7.50. The van der Waals surface area contributed by atoms with Crippen LogP contribution in [0.3, 0.4) is 0 Å². The van der Waals surface area contributed by atoms with E-state index in [0.717, 1.165) is 17.8 Å². The molecule has 0 aromatic carbocycles. The number of halogens is 1. The second-order valence-corrected chi connectivity index (χ2v) is 5.24. The molecule has 0 aliphatic heterocycles. The van der Waals surface area contributed by atoms with Gasteiger partial charge in [-0.05, 0) is 25.0 Å². The minimum absolute atomic E-state index is 0.0604. The van der Waals surface area contributed by atoms with E-state index >= 15 is 0 Å². The summed E-state index contributed by atoms with van der Waals surface area (Å²) in [4.78, 5) is 11.5. The summed E-state index contributed by atoms with van der Waals surface area (Å²) in [5.74, 6) is 0.149. The van der Waals surface area contributed by atoms with Crippen molar-refractivity contribution in [1.29, 1.82) is 0 Å². The van der Waals surface area contributed by atoms with Crippen LogP contribution in [0.15, 0.2) is 12.1 Å². The number of carbonyl (C=O) groups is 1. The summed E-state index contributed by atoms with van der Waals surface area (Å²) in [6.07, 6.45) is 1.59. The molecule has 0 radical (unpaired) electrons. The average Bonchev–Trinajstić information content (AvgIpc) is 2.45. The molecular formula is C9H11ClN2OS. The number of nitrogens with two attached hydrogens (primary N) is 1. The fraction of sp³-hybridized carbons (Fsp3) is 0.444. The Labute approximate surface area is 91.2 Å². The smallest absolute Gasteiger partial charge is 0.228 e. The minimum atomic E-state index is 0.0604. The number of amides is 1. The predicted octanol–water partition coefficient (Wildman–Crippen LogP) is 2.08. The van der Waals surface area contributed by atoms with E-state index in [1.807, 2.05) is 6.07 Å². The van der Waals surface area contributed by atoms with Gasteiger partial charge in [-0.2, -0.15) is 0 Å². The lowest BCUT2D eigenvalue weighted by molar-refractivity contribution is -0.122. The van der Waals surface area contributed by atoms with E-state index in [4.69, 9.17) is 17.3 Å². The van der Waals surface area contributed by atoms with Gasteiger partial charge >= 0.3 is 0 Å². The maximum absolute atomic E-state index is 11.5. The molecule has 0 saturated heterocycles. The molecule has 1 aromatic rings. The third-order valence-electron chi connectivity index (χ3n) is 2.36. The topological polar surface area (TPSA) is 55.1 Å². The maximum atomic E-state index is 11.5. The zero-order valence-corrected chi connectivity index (χ0v) is 9.07. The lowest BCUT2D eigenvalue weighted by Gasteiger charge is -2.30. The van der Waals surface area contributed by atoms with Gasteiger partial charge in [0.25, 0.3) is 0 Å². The Bertz CT molecular complexity index is 346. The Morgan fingerprint density at radius 1 is 1.57 bits per heavy atom. The van der Waals surface area contributed by atoms with Crippen LogP contribution in [-0.4, -0.2) is 11.9 Å². The van der Waals surface area contributed by atoms with E-state index in [1.165, 1.54) is 11.3 Å². The maximum Gasteiger partial charge on any atom is 0.228 e. The van der Waals surface area contributed by atoms with Crippen LogP contribution in [0.5, 0.6) is 0 Å². The summed E-state index contributed by atoms with van der Waals surface area (Å²) in [5, 5.41) is 3.63. The van der Waals surface area contributed by atoms with Crippen LogP contribution in [0.1, 0.15) is 12.8 Å². The summed E-state index contributed by atoms with van der Waals surface area (Å²) >= 11 is 7.11. The highest BCUT2D eigenvalue weighted by Crippen LogP contribution is 2.30. The zero-order chi connectivity index (χ0) is 10.1. The van der Waals surface area contributed by atoms with Gasteiger partial charge in [0.1, 0.15) is 0 Å². The molecule has 1 fully saturated rings. The monoisotopic (exact) mass is 230 g/mol. The first-order valence-corrected chi connectivity index (χ1v) is 5.66. The Hall–Kier alpha value is -0.580. The molecule has 1 heterocycles. The van der Waals surface area contributed by atoms with E-state index in [2.05, 4.69) is 5.32 Å². The molecule has 0 atom stereocenters. The molecule has 1 aliphatic carbocycles. The molecule has 0 unspecified atom stereocenters. The summed E-state index contributed by atoms with van der Waals surface area (Å²) in [7, 11) is 0. The second kappa shape index (κ2) is 3.88. The molecule has 0 bridgehead atoms. The molecule has 1 aliphatic rings. The van der Waals surface area contributed by atoms with Gasteiger partial charge in [0.15, 0.2) is 0 Å². The van der Waals surface area contributed by atoms with Crippen molar-refractivity contribution in [2.75, 3.05) is 5.32 Å². The number of anilines is 1. The Balaban J connectivity index is 1.89. The number of carbonyl (C=O) groups excluding carboxylic acids is 1. The molecule has 14 heavy (non-hydrogen) atoms. The molecule has 1 amide bonds. The lowest BCUT2D eigenvalue weighted by atomic mass is 9.80. The van der Waals surface area contributed by atoms with Gasteiger partial charge in [-0.25, -0.2) is 0 Å². The van der Waals surface area contributed by atoms with Gasteiger partial charge in [-0.3, -0.25) is 4.79 Å². The van der Waals surface area contributed by atoms with Crippen molar-refractivity contribution in [3.05, 3.63) is 16.5 Å². The van der Waals surface area contributed by atoms with Crippen LogP contribution in [0, 0.1) is 5.92 Å². The number of rotatable bonds is 2. The van der Waals surface area contributed by atoms with E-state index < -0.39 is 0 Å². The molecule has 3 N–H and O–H groups in total. The van der Waals surface area contributed by atoms with E-state index in [0.29, 0.717) is 4.34 Å². The highest BCUT2D eigenvalue weighted by atomic mass is 35.5. The van der Waals surface area contributed by atoms with Crippen LogP contribution in [0.25, 0.3) is 0 Å². The Morgan fingerprint density at radius 3 is 2.79 bits per heavy atom. The molecule has 1 aromatic heterocycles.